The molecule has 26 heavy (non-hydrogen) atoms. The molecule has 0 spiro atoms. The lowest BCUT2D eigenvalue weighted by Crippen LogP contribution is -1.88. The van der Waals surface area contributed by atoms with Gasteiger partial charge >= 0.3 is 0 Å². The third kappa shape index (κ3) is 3.23. The van der Waals surface area contributed by atoms with Crippen LogP contribution in [0.15, 0.2) is 72.0 Å². The Bertz CT molecular complexity index is 1010. The molecule has 0 saturated carbocycles. The largest absolute Gasteiger partial charge is 0.336 e. The van der Waals surface area contributed by atoms with E-state index in [9.17, 15) is 4.39 Å². The summed E-state index contributed by atoms with van der Waals surface area (Å²) < 4.78 is 13.3. The highest BCUT2D eigenvalue weighted by Crippen LogP contribution is 2.32. The van der Waals surface area contributed by atoms with E-state index >= 15 is 0 Å². The van der Waals surface area contributed by atoms with E-state index in [1.807, 2.05) is 24.5 Å². The topological polar surface area (TPSA) is 54.5 Å². The Balaban J connectivity index is 1.85. The maximum absolute atomic E-state index is 13.3. The first-order valence-corrected chi connectivity index (χ1v) is 9.24. The lowest BCUT2D eigenvalue weighted by molar-refractivity contribution is 0.628. The van der Waals surface area contributed by atoms with Gasteiger partial charge in [0.1, 0.15) is 18.0 Å². The van der Waals surface area contributed by atoms with Gasteiger partial charge < -0.3 is 4.98 Å². The van der Waals surface area contributed by atoms with Crippen molar-refractivity contribution in [2.45, 2.75) is 4.90 Å². The molecular weight excluding hydrogens is 347 g/mol. The zero-order chi connectivity index (χ0) is 17.9. The van der Waals surface area contributed by atoms with Gasteiger partial charge in [0, 0.05) is 22.2 Å². The lowest BCUT2D eigenvalue weighted by atomic mass is 10.1. The van der Waals surface area contributed by atoms with Crippen LogP contribution in [0.3, 0.4) is 0 Å². The van der Waals surface area contributed by atoms with Crippen molar-refractivity contribution < 1.29 is 4.39 Å². The molecule has 4 aromatic rings. The summed E-state index contributed by atoms with van der Waals surface area (Å²) in [6.07, 6.45) is 5.23. The van der Waals surface area contributed by atoms with Crippen molar-refractivity contribution in [2.24, 2.45) is 0 Å². The summed E-state index contributed by atoms with van der Waals surface area (Å²) in [5.41, 5.74) is 4.05. The zero-order valence-electron chi connectivity index (χ0n) is 14.0. The third-order valence-corrected chi connectivity index (χ3v) is 4.77. The molecule has 2 heterocycles. The minimum atomic E-state index is -0.277. The maximum Gasteiger partial charge on any atom is 0.138 e. The molecule has 0 saturated heterocycles. The molecule has 0 atom stereocenters. The van der Waals surface area contributed by atoms with Crippen LogP contribution in [0.1, 0.15) is 0 Å². The predicted molar refractivity (Wildman–Crippen MR) is 102 cm³/mol. The zero-order valence-corrected chi connectivity index (χ0v) is 14.8. The summed E-state index contributed by atoms with van der Waals surface area (Å²) in [7, 11) is 0. The van der Waals surface area contributed by atoms with Gasteiger partial charge in [0.2, 0.25) is 0 Å². The van der Waals surface area contributed by atoms with Crippen LogP contribution >= 0.6 is 11.8 Å². The smallest absolute Gasteiger partial charge is 0.138 e. The number of aromatic nitrogens is 4. The highest BCUT2D eigenvalue weighted by atomic mass is 32.2. The number of aromatic amines is 1. The number of hydrogen-bond acceptors (Lipinski definition) is 4. The van der Waals surface area contributed by atoms with Crippen molar-refractivity contribution in [3.63, 3.8) is 0 Å². The minimum absolute atomic E-state index is 0.277. The summed E-state index contributed by atoms with van der Waals surface area (Å²) in [6.45, 7) is 0. The molecule has 4 nitrogen and oxygen atoms in total. The Morgan fingerprint density at radius 2 is 1.65 bits per heavy atom. The van der Waals surface area contributed by atoms with Crippen LogP contribution in [0, 0.1) is 5.82 Å². The van der Waals surface area contributed by atoms with Gasteiger partial charge in [-0.2, -0.15) is 0 Å². The molecule has 1 N–H and O–H groups in total. The Hall–Kier alpha value is -2.99. The van der Waals surface area contributed by atoms with Crippen molar-refractivity contribution >= 4 is 11.8 Å². The van der Waals surface area contributed by atoms with E-state index in [2.05, 4.69) is 27.1 Å². The van der Waals surface area contributed by atoms with Crippen molar-refractivity contribution in [1.29, 1.82) is 0 Å². The summed E-state index contributed by atoms with van der Waals surface area (Å²) in [6, 6.07) is 16.3. The molecule has 6 heteroatoms. The number of halogens is 1. The summed E-state index contributed by atoms with van der Waals surface area (Å²) in [5, 5.41) is 0. The monoisotopic (exact) mass is 362 g/mol. The van der Waals surface area contributed by atoms with Crippen LogP contribution in [-0.4, -0.2) is 26.2 Å². The summed E-state index contributed by atoms with van der Waals surface area (Å²) in [4.78, 5) is 17.6. The Kier molecular flexibility index (Phi) is 4.50. The van der Waals surface area contributed by atoms with Crippen LogP contribution < -0.4 is 0 Å². The number of rotatable bonds is 4. The minimum Gasteiger partial charge on any atom is -0.336 e. The molecule has 0 unspecified atom stereocenters. The number of imidazole rings is 1. The predicted octanol–water partition coefficient (Wildman–Crippen LogP) is 5.06. The van der Waals surface area contributed by atoms with Gasteiger partial charge in [0.05, 0.1) is 17.1 Å². The second-order valence-corrected chi connectivity index (χ2v) is 6.52. The average molecular weight is 362 g/mol. The molecule has 0 aliphatic heterocycles. The number of thioether (sulfide) groups is 1. The van der Waals surface area contributed by atoms with Crippen LogP contribution in [0.4, 0.5) is 4.39 Å². The van der Waals surface area contributed by atoms with Gasteiger partial charge in [-0.15, -0.1) is 11.8 Å². The van der Waals surface area contributed by atoms with Crippen molar-refractivity contribution in [3.05, 3.63) is 72.9 Å². The van der Waals surface area contributed by atoms with Gasteiger partial charge in [0.25, 0.3) is 0 Å². The maximum atomic E-state index is 13.3. The van der Waals surface area contributed by atoms with Crippen LogP contribution in [0.25, 0.3) is 34.0 Å². The molecule has 0 aliphatic carbocycles. The number of H-pyrrole nitrogens is 1. The molecule has 0 amide bonds. The van der Waals surface area contributed by atoms with Gasteiger partial charge in [-0.3, -0.25) is 0 Å². The van der Waals surface area contributed by atoms with E-state index < -0.39 is 0 Å². The molecule has 0 fully saturated rings. The fourth-order valence-electron chi connectivity index (χ4n) is 2.70. The highest BCUT2D eigenvalue weighted by Gasteiger charge is 2.16. The van der Waals surface area contributed by atoms with Crippen molar-refractivity contribution in [1.82, 2.24) is 19.9 Å². The summed E-state index contributed by atoms with van der Waals surface area (Å²) >= 11 is 1.69. The van der Waals surface area contributed by atoms with Gasteiger partial charge in [-0.1, -0.05) is 12.1 Å². The van der Waals surface area contributed by atoms with E-state index in [4.69, 9.17) is 4.98 Å². The standard InChI is InChI=1S/C20H15FN4S/c1-26-16-8-4-14(5-9-16)20-24-18(13-2-6-15(21)7-3-13)19(25-20)17-10-11-22-12-23-17/h2-12H,1H3,(H,24,25). The normalized spacial score (nSPS) is 10.8. The molecule has 0 radical (unpaired) electrons. The number of benzene rings is 2. The fraction of sp³-hybridized carbons (Fsp3) is 0.0500. The SMILES string of the molecule is CSc1ccc(-c2nc(-c3ccc(F)cc3)c(-c3ccncn3)[nH]2)cc1. The first-order chi connectivity index (χ1) is 12.7. The van der Waals surface area contributed by atoms with E-state index in [-0.39, 0.29) is 5.82 Å². The molecular formula is C20H15FN4S. The number of nitrogens with one attached hydrogen (secondary N) is 1. The first-order valence-electron chi connectivity index (χ1n) is 8.01. The van der Waals surface area contributed by atoms with Crippen molar-refractivity contribution in [3.8, 4) is 34.0 Å². The second-order valence-electron chi connectivity index (χ2n) is 5.64. The molecule has 0 aliphatic rings. The first kappa shape index (κ1) is 16.5. The Morgan fingerprint density at radius 3 is 2.31 bits per heavy atom. The highest BCUT2D eigenvalue weighted by molar-refractivity contribution is 7.98. The van der Waals surface area contributed by atoms with Crippen LogP contribution in [0.2, 0.25) is 0 Å². The van der Waals surface area contributed by atoms with Crippen LogP contribution in [0.5, 0.6) is 0 Å². The van der Waals surface area contributed by atoms with Crippen LogP contribution in [-0.2, 0) is 0 Å². The lowest BCUT2D eigenvalue weighted by Gasteiger charge is -2.01. The second kappa shape index (κ2) is 7.09. The van der Waals surface area contributed by atoms with E-state index in [1.54, 1.807) is 30.1 Å². The number of nitrogens with zero attached hydrogens (tertiary/aromatic N) is 3. The summed E-state index contributed by atoms with van der Waals surface area (Å²) in [5.74, 6) is 0.464. The third-order valence-electron chi connectivity index (χ3n) is 4.02. The van der Waals surface area contributed by atoms with Gasteiger partial charge in [-0.05, 0) is 48.7 Å². The molecule has 128 valence electrons. The Labute approximate surface area is 154 Å². The quantitative estimate of drug-likeness (QED) is 0.516. The van der Waals surface area contributed by atoms with Gasteiger partial charge in [0.15, 0.2) is 0 Å². The van der Waals surface area contributed by atoms with E-state index in [0.29, 0.717) is 0 Å². The number of hydrogen-bond donors (Lipinski definition) is 1. The van der Waals surface area contributed by atoms with E-state index in [1.165, 1.54) is 23.4 Å². The molecule has 0 bridgehead atoms. The van der Waals surface area contributed by atoms with Gasteiger partial charge in [-0.25, -0.2) is 19.3 Å². The Morgan fingerprint density at radius 1 is 0.923 bits per heavy atom. The van der Waals surface area contributed by atoms with E-state index in [0.717, 1.165) is 34.0 Å². The molecule has 4 rings (SSSR count). The average Bonchev–Trinajstić information content (AvgIpc) is 3.15. The molecule has 2 aromatic heterocycles. The van der Waals surface area contributed by atoms with Crippen molar-refractivity contribution in [2.75, 3.05) is 6.26 Å². The molecule has 2 aromatic carbocycles. The fourth-order valence-corrected chi connectivity index (χ4v) is 3.11.